The van der Waals surface area contributed by atoms with Gasteiger partial charge in [-0.2, -0.15) is 0 Å². The number of likely N-dealkylation sites (tertiary alicyclic amines) is 1. The monoisotopic (exact) mass is 413 g/mol. The summed E-state index contributed by atoms with van der Waals surface area (Å²) in [5.74, 6) is 1.33. The van der Waals surface area contributed by atoms with Gasteiger partial charge in [-0.1, -0.05) is 19.1 Å². The quantitative estimate of drug-likeness (QED) is 0.618. The number of hydrogen-bond donors (Lipinski definition) is 1. The lowest BCUT2D eigenvalue weighted by Gasteiger charge is -2.42. The molecule has 2 aliphatic rings. The molecule has 3 heterocycles. The second-order valence-corrected chi connectivity index (χ2v) is 8.59. The molecule has 1 aromatic carbocycles. The van der Waals surface area contributed by atoms with E-state index in [0.717, 1.165) is 58.1 Å². The van der Waals surface area contributed by atoms with Crippen LogP contribution in [0.2, 0.25) is 0 Å². The lowest BCUT2D eigenvalue weighted by atomic mass is 9.74. The Bertz CT molecular complexity index is 830. The van der Waals surface area contributed by atoms with Crippen molar-refractivity contribution in [3.05, 3.63) is 54.4 Å². The third-order valence-corrected chi connectivity index (χ3v) is 6.83. The predicted octanol–water partition coefficient (Wildman–Crippen LogP) is 3.23. The van der Waals surface area contributed by atoms with Crippen LogP contribution in [0.5, 0.6) is 0 Å². The normalized spacial score (nSPS) is 24.6. The second-order valence-electron chi connectivity index (χ2n) is 8.59. The summed E-state index contributed by atoms with van der Waals surface area (Å²) in [6.45, 7) is 6.41. The van der Waals surface area contributed by atoms with Crippen LogP contribution >= 0.6 is 0 Å². The Labute approximate surface area is 178 Å². The highest BCUT2D eigenvalue weighted by atomic mass is 19.1. The van der Waals surface area contributed by atoms with Crippen molar-refractivity contribution in [3.8, 4) is 0 Å². The van der Waals surface area contributed by atoms with Gasteiger partial charge in [0.2, 0.25) is 0 Å². The van der Waals surface area contributed by atoms with Crippen molar-refractivity contribution in [2.24, 2.45) is 10.9 Å². The Hall–Kier alpha value is -2.41. The van der Waals surface area contributed by atoms with Gasteiger partial charge in [0, 0.05) is 57.7 Å². The van der Waals surface area contributed by atoms with Gasteiger partial charge in [-0.05, 0) is 42.9 Å². The topological polar surface area (TPSA) is 54.7 Å². The number of imidazole rings is 1. The molecule has 162 valence electrons. The standard InChI is InChI=1S/C23H32FN5O/c1-18-7-11-28(15-21(18)29-12-10-26-17-29)22(25-2)27-16-23(8-13-30-14-9-23)19-3-5-20(24)6-4-19/h3-6,10,12,17-18,21H,7-9,11,13-16H2,1-2H3,(H,25,27). The zero-order chi connectivity index (χ0) is 21.0. The summed E-state index contributed by atoms with van der Waals surface area (Å²) in [5.41, 5.74) is 1.09. The van der Waals surface area contributed by atoms with Crippen molar-refractivity contribution in [2.75, 3.05) is 39.9 Å². The summed E-state index contributed by atoms with van der Waals surface area (Å²) in [4.78, 5) is 11.2. The van der Waals surface area contributed by atoms with Crippen LogP contribution in [0.3, 0.4) is 0 Å². The van der Waals surface area contributed by atoms with E-state index in [1.807, 2.05) is 37.9 Å². The van der Waals surface area contributed by atoms with Crippen LogP contribution in [0, 0.1) is 11.7 Å². The number of piperidine rings is 1. The van der Waals surface area contributed by atoms with E-state index in [-0.39, 0.29) is 11.2 Å². The largest absolute Gasteiger partial charge is 0.381 e. The first-order valence-electron chi connectivity index (χ1n) is 10.9. The number of hydrogen-bond acceptors (Lipinski definition) is 3. The van der Waals surface area contributed by atoms with Crippen molar-refractivity contribution in [2.45, 2.75) is 37.6 Å². The number of rotatable bonds is 4. The number of guanidine groups is 1. The highest BCUT2D eigenvalue weighted by Crippen LogP contribution is 2.35. The minimum atomic E-state index is -0.197. The number of nitrogens with zero attached hydrogens (tertiary/aromatic N) is 4. The van der Waals surface area contributed by atoms with Gasteiger partial charge in [-0.25, -0.2) is 9.37 Å². The molecule has 0 amide bonds. The summed E-state index contributed by atoms with van der Waals surface area (Å²) in [6, 6.07) is 7.34. The maximum Gasteiger partial charge on any atom is 0.193 e. The van der Waals surface area contributed by atoms with E-state index in [1.54, 1.807) is 12.1 Å². The highest BCUT2D eigenvalue weighted by Gasteiger charge is 2.36. The van der Waals surface area contributed by atoms with Gasteiger partial charge in [-0.3, -0.25) is 4.99 Å². The predicted molar refractivity (Wildman–Crippen MR) is 116 cm³/mol. The average molecular weight is 414 g/mol. The van der Waals surface area contributed by atoms with Gasteiger partial charge in [0.1, 0.15) is 5.82 Å². The minimum Gasteiger partial charge on any atom is -0.381 e. The van der Waals surface area contributed by atoms with E-state index in [4.69, 9.17) is 4.74 Å². The smallest absolute Gasteiger partial charge is 0.193 e. The Morgan fingerprint density at radius 2 is 2.07 bits per heavy atom. The molecule has 2 atom stereocenters. The van der Waals surface area contributed by atoms with Crippen molar-refractivity contribution < 1.29 is 9.13 Å². The molecule has 0 saturated carbocycles. The van der Waals surface area contributed by atoms with Gasteiger partial charge in [0.15, 0.2) is 5.96 Å². The number of halogens is 1. The summed E-state index contributed by atoms with van der Waals surface area (Å²) < 4.78 is 21.3. The molecule has 1 aromatic heterocycles. The van der Waals surface area contributed by atoms with Crippen LogP contribution in [0.15, 0.2) is 48.0 Å². The summed E-state index contributed by atoms with van der Waals surface area (Å²) in [7, 11) is 1.85. The van der Waals surface area contributed by atoms with Crippen molar-refractivity contribution in [1.82, 2.24) is 19.8 Å². The molecule has 0 spiro atoms. The number of nitrogens with one attached hydrogen (secondary N) is 1. The highest BCUT2D eigenvalue weighted by molar-refractivity contribution is 5.80. The van der Waals surface area contributed by atoms with Crippen molar-refractivity contribution in [1.29, 1.82) is 0 Å². The van der Waals surface area contributed by atoms with Crippen LogP contribution in [-0.2, 0) is 10.2 Å². The molecular weight excluding hydrogens is 381 g/mol. The first-order valence-corrected chi connectivity index (χ1v) is 10.9. The zero-order valence-electron chi connectivity index (χ0n) is 17.9. The van der Waals surface area contributed by atoms with Crippen LogP contribution < -0.4 is 5.32 Å². The maximum absolute atomic E-state index is 13.5. The van der Waals surface area contributed by atoms with Crippen LogP contribution in [0.1, 0.15) is 37.8 Å². The molecule has 0 aliphatic carbocycles. The van der Waals surface area contributed by atoms with Crippen LogP contribution in [0.4, 0.5) is 4.39 Å². The molecular formula is C23H32FN5O. The van der Waals surface area contributed by atoms with E-state index >= 15 is 0 Å². The summed E-state index contributed by atoms with van der Waals surface area (Å²) in [6.07, 6.45) is 8.74. The first-order chi connectivity index (χ1) is 14.6. The fourth-order valence-electron chi connectivity index (χ4n) is 4.81. The Kier molecular flexibility index (Phi) is 6.37. The van der Waals surface area contributed by atoms with Crippen molar-refractivity contribution in [3.63, 3.8) is 0 Å². The fraction of sp³-hybridized carbons (Fsp3) is 0.565. The van der Waals surface area contributed by atoms with E-state index < -0.39 is 0 Å². The van der Waals surface area contributed by atoms with Gasteiger partial charge in [0.05, 0.1) is 12.4 Å². The maximum atomic E-state index is 13.5. The molecule has 7 heteroatoms. The molecule has 2 fully saturated rings. The van der Waals surface area contributed by atoms with Gasteiger partial charge in [-0.15, -0.1) is 0 Å². The lowest BCUT2D eigenvalue weighted by molar-refractivity contribution is 0.0510. The fourth-order valence-corrected chi connectivity index (χ4v) is 4.81. The molecule has 2 aromatic rings. The molecule has 0 bridgehead atoms. The van der Waals surface area contributed by atoms with E-state index in [0.29, 0.717) is 12.0 Å². The molecule has 6 nitrogen and oxygen atoms in total. The van der Waals surface area contributed by atoms with Gasteiger partial charge in [0.25, 0.3) is 0 Å². The van der Waals surface area contributed by atoms with E-state index in [2.05, 4.69) is 31.7 Å². The Morgan fingerprint density at radius 3 is 2.73 bits per heavy atom. The van der Waals surface area contributed by atoms with Gasteiger partial charge < -0.3 is 19.5 Å². The molecule has 30 heavy (non-hydrogen) atoms. The Morgan fingerprint density at radius 1 is 1.30 bits per heavy atom. The second kappa shape index (κ2) is 9.16. The van der Waals surface area contributed by atoms with E-state index in [1.165, 1.54) is 5.56 Å². The SMILES string of the molecule is CN=C(NCC1(c2ccc(F)cc2)CCOCC1)N1CCC(C)C(n2ccnc2)C1. The van der Waals surface area contributed by atoms with Crippen LogP contribution in [0.25, 0.3) is 0 Å². The zero-order valence-corrected chi connectivity index (χ0v) is 17.9. The third-order valence-electron chi connectivity index (χ3n) is 6.83. The number of ether oxygens (including phenoxy) is 1. The molecule has 2 aliphatic heterocycles. The third kappa shape index (κ3) is 4.36. The van der Waals surface area contributed by atoms with Crippen LogP contribution in [-0.4, -0.2) is 60.3 Å². The van der Waals surface area contributed by atoms with Gasteiger partial charge >= 0.3 is 0 Å². The summed E-state index contributed by atoms with van der Waals surface area (Å²) >= 11 is 0. The first kappa shape index (κ1) is 20.8. The molecule has 2 unspecified atom stereocenters. The number of aromatic nitrogens is 2. The molecule has 0 radical (unpaired) electrons. The van der Waals surface area contributed by atoms with E-state index in [9.17, 15) is 4.39 Å². The molecule has 2 saturated heterocycles. The lowest BCUT2D eigenvalue weighted by Crippen LogP contribution is -2.52. The summed E-state index contributed by atoms with van der Waals surface area (Å²) in [5, 5.41) is 3.65. The molecule has 1 N–H and O–H groups in total. The molecule has 4 rings (SSSR count). The number of benzene rings is 1. The Balaban J connectivity index is 1.48. The minimum absolute atomic E-state index is 0.0747. The number of aliphatic imine (C=N–C) groups is 1. The van der Waals surface area contributed by atoms with Crippen molar-refractivity contribution >= 4 is 5.96 Å². The average Bonchev–Trinajstić information content (AvgIpc) is 3.31.